The van der Waals surface area contributed by atoms with Crippen LogP contribution in [0.1, 0.15) is 28.7 Å². The van der Waals surface area contributed by atoms with Crippen molar-refractivity contribution in [2.75, 3.05) is 6.61 Å². The van der Waals surface area contributed by atoms with E-state index in [1.165, 1.54) is 0 Å². The van der Waals surface area contributed by atoms with E-state index in [-0.39, 0.29) is 5.91 Å². The first-order valence-electron chi connectivity index (χ1n) is 10.4. The third kappa shape index (κ3) is 4.51. The van der Waals surface area contributed by atoms with Crippen LogP contribution in [0.5, 0.6) is 5.75 Å². The standard InChI is InChI=1S/C26H25N3O2/c1-3-31-23-14-12-22(13-15-23)29-19(2)24(17-25(29)20-9-5-4-6-10-20)26(30)28-18-21-11-7-8-16-27-21/h4-17H,3,18H2,1-2H3,(H,28,30). The Morgan fingerprint density at radius 2 is 1.74 bits per heavy atom. The van der Waals surface area contributed by atoms with Crippen LogP contribution in [0.2, 0.25) is 0 Å². The number of pyridine rings is 1. The highest BCUT2D eigenvalue weighted by Crippen LogP contribution is 2.30. The average molecular weight is 412 g/mol. The Balaban J connectivity index is 1.71. The van der Waals surface area contributed by atoms with E-state index in [0.29, 0.717) is 18.7 Å². The molecule has 2 aromatic carbocycles. The molecule has 4 rings (SSSR count). The lowest BCUT2D eigenvalue weighted by Gasteiger charge is -2.13. The van der Waals surface area contributed by atoms with Crippen molar-refractivity contribution in [2.45, 2.75) is 20.4 Å². The lowest BCUT2D eigenvalue weighted by Crippen LogP contribution is -2.23. The number of hydrogen-bond acceptors (Lipinski definition) is 3. The normalized spacial score (nSPS) is 10.6. The zero-order chi connectivity index (χ0) is 21.6. The lowest BCUT2D eigenvalue weighted by molar-refractivity contribution is 0.0950. The molecule has 0 spiro atoms. The number of carbonyl (C=O) groups is 1. The van der Waals surface area contributed by atoms with Crippen molar-refractivity contribution >= 4 is 5.91 Å². The third-order valence-corrected chi connectivity index (χ3v) is 5.12. The molecule has 5 nitrogen and oxygen atoms in total. The van der Waals surface area contributed by atoms with Crippen molar-refractivity contribution in [3.05, 3.63) is 102 Å². The van der Waals surface area contributed by atoms with Gasteiger partial charge in [-0.2, -0.15) is 0 Å². The molecule has 1 N–H and O–H groups in total. The molecule has 1 amide bonds. The van der Waals surface area contributed by atoms with Crippen LogP contribution in [0.4, 0.5) is 0 Å². The predicted molar refractivity (Wildman–Crippen MR) is 123 cm³/mol. The quantitative estimate of drug-likeness (QED) is 0.456. The topological polar surface area (TPSA) is 56.1 Å². The van der Waals surface area contributed by atoms with Gasteiger partial charge in [-0.15, -0.1) is 0 Å². The second-order valence-electron chi connectivity index (χ2n) is 7.16. The zero-order valence-corrected chi connectivity index (χ0v) is 17.7. The van der Waals surface area contributed by atoms with Crippen molar-refractivity contribution < 1.29 is 9.53 Å². The Kier molecular flexibility index (Phi) is 6.13. The molecule has 5 heteroatoms. The van der Waals surface area contributed by atoms with Gasteiger partial charge in [-0.05, 0) is 61.9 Å². The number of ether oxygens (including phenoxy) is 1. The van der Waals surface area contributed by atoms with Gasteiger partial charge in [0.1, 0.15) is 5.75 Å². The monoisotopic (exact) mass is 411 g/mol. The molecule has 0 aliphatic carbocycles. The van der Waals surface area contributed by atoms with E-state index in [4.69, 9.17) is 4.74 Å². The van der Waals surface area contributed by atoms with Gasteiger partial charge in [0.15, 0.2) is 0 Å². The molecule has 0 radical (unpaired) electrons. The first-order valence-corrected chi connectivity index (χ1v) is 10.4. The molecule has 2 heterocycles. The van der Waals surface area contributed by atoms with Crippen LogP contribution in [0, 0.1) is 6.92 Å². The largest absolute Gasteiger partial charge is 0.494 e. The van der Waals surface area contributed by atoms with Gasteiger partial charge in [0.2, 0.25) is 0 Å². The van der Waals surface area contributed by atoms with Crippen LogP contribution in [-0.4, -0.2) is 22.1 Å². The van der Waals surface area contributed by atoms with Crippen LogP contribution in [0.3, 0.4) is 0 Å². The molecule has 0 saturated carbocycles. The van der Waals surface area contributed by atoms with Crippen molar-refractivity contribution in [1.29, 1.82) is 0 Å². The van der Waals surface area contributed by atoms with Crippen LogP contribution in [0.15, 0.2) is 85.1 Å². The minimum Gasteiger partial charge on any atom is -0.494 e. The molecular formula is C26H25N3O2. The Morgan fingerprint density at radius 1 is 1.00 bits per heavy atom. The molecule has 2 aromatic heterocycles. The van der Waals surface area contributed by atoms with Gasteiger partial charge in [-0.25, -0.2) is 0 Å². The molecule has 0 unspecified atom stereocenters. The maximum absolute atomic E-state index is 13.0. The van der Waals surface area contributed by atoms with E-state index in [1.54, 1.807) is 6.20 Å². The SMILES string of the molecule is CCOc1ccc(-n2c(-c3ccccc3)cc(C(=O)NCc3ccccn3)c2C)cc1. The van der Waals surface area contributed by atoms with E-state index in [9.17, 15) is 4.79 Å². The summed E-state index contributed by atoms with van der Waals surface area (Å²) in [4.78, 5) is 17.3. The summed E-state index contributed by atoms with van der Waals surface area (Å²) in [6, 6.07) is 25.6. The number of amides is 1. The van der Waals surface area contributed by atoms with E-state index in [2.05, 4.69) is 27.0 Å². The smallest absolute Gasteiger partial charge is 0.253 e. The maximum atomic E-state index is 13.0. The summed E-state index contributed by atoms with van der Waals surface area (Å²) in [5.74, 6) is 0.704. The average Bonchev–Trinajstić information content (AvgIpc) is 3.17. The number of hydrogen-bond donors (Lipinski definition) is 1. The number of rotatable bonds is 7. The fraction of sp³-hybridized carbons (Fsp3) is 0.154. The number of aromatic nitrogens is 2. The Morgan fingerprint density at radius 3 is 2.42 bits per heavy atom. The van der Waals surface area contributed by atoms with Crippen LogP contribution < -0.4 is 10.1 Å². The molecule has 31 heavy (non-hydrogen) atoms. The van der Waals surface area contributed by atoms with Crippen molar-refractivity contribution in [3.63, 3.8) is 0 Å². The summed E-state index contributed by atoms with van der Waals surface area (Å²) in [5.41, 5.74) is 5.32. The summed E-state index contributed by atoms with van der Waals surface area (Å²) in [6.45, 7) is 4.94. The molecule has 0 atom stereocenters. The molecule has 0 saturated heterocycles. The molecule has 4 aromatic rings. The summed E-state index contributed by atoms with van der Waals surface area (Å²) in [6.07, 6.45) is 1.72. The highest BCUT2D eigenvalue weighted by atomic mass is 16.5. The second kappa shape index (κ2) is 9.30. The molecule has 156 valence electrons. The van der Waals surface area contributed by atoms with E-state index < -0.39 is 0 Å². The van der Waals surface area contributed by atoms with Crippen molar-refractivity contribution in [3.8, 4) is 22.7 Å². The minimum atomic E-state index is -0.120. The van der Waals surface area contributed by atoms with Crippen LogP contribution in [-0.2, 0) is 6.54 Å². The van der Waals surface area contributed by atoms with E-state index in [1.807, 2.05) is 80.6 Å². The van der Waals surface area contributed by atoms with Gasteiger partial charge >= 0.3 is 0 Å². The summed E-state index contributed by atoms with van der Waals surface area (Å²) >= 11 is 0. The third-order valence-electron chi connectivity index (χ3n) is 5.12. The molecular weight excluding hydrogens is 386 g/mol. The first-order chi connectivity index (χ1) is 15.2. The first kappa shape index (κ1) is 20.4. The highest BCUT2D eigenvalue weighted by Gasteiger charge is 2.19. The predicted octanol–water partition coefficient (Wildman–Crippen LogP) is 5.18. The van der Waals surface area contributed by atoms with Crippen LogP contribution >= 0.6 is 0 Å². The van der Waals surface area contributed by atoms with Gasteiger partial charge in [0.25, 0.3) is 5.91 Å². The summed E-state index contributed by atoms with van der Waals surface area (Å²) in [7, 11) is 0. The molecule has 0 aliphatic rings. The Hall–Kier alpha value is -3.86. The summed E-state index contributed by atoms with van der Waals surface area (Å²) in [5, 5.41) is 2.99. The number of nitrogens with one attached hydrogen (secondary N) is 1. The zero-order valence-electron chi connectivity index (χ0n) is 17.7. The Labute approximate surface area is 182 Å². The number of nitrogens with zero attached hydrogens (tertiary/aromatic N) is 2. The number of benzene rings is 2. The van der Waals surface area contributed by atoms with Crippen molar-refractivity contribution in [1.82, 2.24) is 14.9 Å². The lowest BCUT2D eigenvalue weighted by atomic mass is 10.1. The Bertz CT molecular complexity index is 1150. The van der Waals surface area contributed by atoms with Gasteiger partial charge < -0.3 is 14.6 Å². The summed E-state index contributed by atoms with van der Waals surface area (Å²) < 4.78 is 7.69. The fourth-order valence-electron chi connectivity index (χ4n) is 3.62. The van der Waals surface area contributed by atoms with E-state index in [0.717, 1.165) is 34.1 Å². The highest BCUT2D eigenvalue weighted by molar-refractivity contribution is 5.97. The maximum Gasteiger partial charge on any atom is 0.253 e. The van der Waals surface area contributed by atoms with Crippen LogP contribution in [0.25, 0.3) is 16.9 Å². The second-order valence-corrected chi connectivity index (χ2v) is 7.16. The number of carbonyl (C=O) groups excluding carboxylic acids is 1. The van der Waals surface area contributed by atoms with Gasteiger partial charge in [0.05, 0.1) is 30.1 Å². The van der Waals surface area contributed by atoms with E-state index >= 15 is 0 Å². The van der Waals surface area contributed by atoms with Gasteiger partial charge in [0, 0.05) is 17.6 Å². The molecule has 0 fully saturated rings. The van der Waals surface area contributed by atoms with Gasteiger partial charge in [-0.3, -0.25) is 9.78 Å². The molecule has 0 aliphatic heterocycles. The minimum absolute atomic E-state index is 0.120. The van der Waals surface area contributed by atoms with Crippen molar-refractivity contribution in [2.24, 2.45) is 0 Å². The molecule has 0 bridgehead atoms. The van der Waals surface area contributed by atoms with Gasteiger partial charge in [-0.1, -0.05) is 36.4 Å². The fourth-order valence-corrected chi connectivity index (χ4v) is 3.62.